The number of aliphatic hydroxyl groups excluding tert-OH is 1. The Morgan fingerprint density at radius 3 is 2.21 bits per heavy atom. The lowest BCUT2D eigenvalue weighted by atomic mass is 9.33. The molecule has 0 aromatic heterocycles. The first-order valence-corrected chi connectivity index (χ1v) is 19.2. The maximum absolute atomic E-state index is 15.3. The SMILES string of the molecule is CC1(C)CC[C@]2(C(=O)N(CC(=O)NC(C)(C)C)Cc3ccccc3)CC[C@]3(C)C(=CC[C@@H]4[C@@]5(C)CC[C@H](O)C(C)(C)[C@@H]5CC[C@]43C)[C@@H]2C1. The highest BCUT2D eigenvalue weighted by Gasteiger charge is 2.69. The molecular weight excluding hydrogens is 592 g/mol. The highest BCUT2D eigenvalue weighted by Crippen LogP contribution is 2.75. The van der Waals surface area contributed by atoms with Gasteiger partial charge in [0.2, 0.25) is 11.8 Å². The third-order valence-corrected chi connectivity index (χ3v) is 15.4. The molecule has 0 unspecified atom stereocenters. The molecule has 5 aliphatic carbocycles. The Balaban J connectivity index is 1.39. The minimum absolute atomic E-state index is 0.0276. The van der Waals surface area contributed by atoms with Crippen LogP contribution in [-0.4, -0.2) is 40.0 Å². The van der Waals surface area contributed by atoms with Gasteiger partial charge < -0.3 is 15.3 Å². The normalized spacial score (nSPS) is 39.9. The lowest BCUT2D eigenvalue weighted by molar-refractivity contribution is -0.204. The summed E-state index contributed by atoms with van der Waals surface area (Å²) in [5, 5.41) is 14.3. The molecule has 48 heavy (non-hydrogen) atoms. The summed E-state index contributed by atoms with van der Waals surface area (Å²) in [6, 6.07) is 10.2. The average Bonchev–Trinajstić information content (AvgIpc) is 2.98. The quantitative estimate of drug-likeness (QED) is 0.310. The predicted octanol–water partition coefficient (Wildman–Crippen LogP) is 9.09. The first-order valence-electron chi connectivity index (χ1n) is 19.2. The van der Waals surface area contributed by atoms with Gasteiger partial charge in [-0.2, -0.15) is 0 Å². The summed E-state index contributed by atoms with van der Waals surface area (Å²) in [5.74, 6) is 1.37. The molecule has 1 aromatic rings. The molecule has 2 N–H and O–H groups in total. The van der Waals surface area contributed by atoms with Crippen LogP contribution in [0.1, 0.15) is 139 Å². The van der Waals surface area contributed by atoms with Gasteiger partial charge in [0, 0.05) is 12.1 Å². The van der Waals surface area contributed by atoms with Crippen LogP contribution in [0.4, 0.5) is 0 Å². The van der Waals surface area contributed by atoms with E-state index in [0.29, 0.717) is 18.4 Å². The van der Waals surface area contributed by atoms with E-state index < -0.39 is 5.41 Å². The van der Waals surface area contributed by atoms with Crippen LogP contribution in [0.2, 0.25) is 0 Å². The van der Waals surface area contributed by atoms with Crippen LogP contribution in [0.25, 0.3) is 0 Å². The molecule has 5 heteroatoms. The molecular formula is C43H66N2O3. The molecule has 0 saturated heterocycles. The fraction of sp³-hybridized carbons (Fsp3) is 0.767. The van der Waals surface area contributed by atoms with Crippen molar-refractivity contribution in [2.45, 2.75) is 152 Å². The zero-order chi connectivity index (χ0) is 35.1. The van der Waals surface area contributed by atoms with Crippen LogP contribution >= 0.6 is 0 Å². The van der Waals surface area contributed by atoms with Crippen LogP contribution in [0.5, 0.6) is 0 Å². The van der Waals surface area contributed by atoms with Crippen molar-refractivity contribution in [2.24, 2.45) is 50.2 Å². The lowest BCUT2D eigenvalue weighted by Gasteiger charge is -2.71. The van der Waals surface area contributed by atoms with E-state index in [2.05, 4.69) is 72.0 Å². The van der Waals surface area contributed by atoms with Crippen molar-refractivity contribution in [1.82, 2.24) is 10.2 Å². The van der Waals surface area contributed by atoms with E-state index in [1.165, 1.54) is 12.8 Å². The van der Waals surface area contributed by atoms with Crippen molar-refractivity contribution in [3.05, 3.63) is 47.5 Å². The monoisotopic (exact) mass is 659 g/mol. The van der Waals surface area contributed by atoms with Gasteiger partial charge in [0.1, 0.15) is 0 Å². The van der Waals surface area contributed by atoms with Gasteiger partial charge in [-0.05, 0) is 135 Å². The summed E-state index contributed by atoms with van der Waals surface area (Å²) in [4.78, 5) is 30.7. The van der Waals surface area contributed by atoms with Crippen molar-refractivity contribution in [3.63, 3.8) is 0 Å². The van der Waals surface area contributed by atoms with Gasteiger partial charge in [-0.15, -0.1) is 0 Å². The summed E-state index contributed by atoms with van der Waals surface area (Å²) in [5.41, 5.74) is 2.24. The van der Waals surface area contributed by atoms with Crippen molar-refractivity contribution in [3.8, 4) is 0 Å². The number of benzene rings is 1. The highest BCUT2D eigenvalue weighted by atomic mass is 16.3. The van der Waals surface area contributed by atoms with Crippen LogP contribution in [-0.2, 0) is 16.1 Å². The lowest BCUT2D eigenvalue weighted by Crippen LogP contribution is -2.65. The largest absolute Gasteiger partial charge is 0.393 e. The van der Waals surface area contributed by atoms with Crippen LogP contribution in [0.3, 0.4) is 0 Å². The first-order chi connectivity index (χ1) is 22.2. The summed E-state index contributed by atoms with van der Waals surface area (Å²) in [6.07, 6.45) is 12.7. The minimum atomic E-state index is -0.487. The number of nitrogens with zero attached hydrogens (tertiary/aromatic N) is 1. The second-order valence-corrected chi connectivity index (χ2v) is 20.2. The van der Waals surface area contributed by atoms with Crippen LogP contribution in [0.15, 0.2) is 42.0 Å². The summed E-state index contributed by atoms with van der Waals surface area (Å²) >= 11 is 0. The van der Waals surface area contributed by atoms with E-state index in [-0.39, 0.29) is 63.0 Å². The fourth-order valence-electron chi connectivity index (χ4n) is 12.6. The molecule has 266 valence electrons. The average molecular weight is 659 g/mol. The number of aliphatic hydroxyl groups is 1. The van der Waals surface area contributed by atoms with E-state index >= 15 is 4.79 Å². The van der Waals surface area contributed by atoms with E-state index in [0.717, 1.165) is 56.9 Å². The van der Waals surface area contributed by atoms with Crippen molar-refractivity contribution in [2.75, 3.05) is 6.54 Å². The summed E-state index contributed by atoms with van der Waals surface area (Å²) in [7, 11) is 0. The van der Waals surface area contributed by atoms with Gasteiger partial charge >= 0.3 is 0 Å². The second-order valence-electron chi connectivity index (χ2n) is 20.2. The van der Waals surface area contributed by atoms with Crippen molar-refractivity contribution >= 4 is 11.8 Å². The highest BCUT2D eigenvalue weighted by molar-refractivity contribution is 5.89. The van der Waals surface area contributed by atoms with Gasteiger partial charge in [0.15, 0.2) is 0 Å². The number of nitrogens with one attached hydrogen (secondary N) is 1. The first kappa shape index (κ1) is 35.7. The van der Waals surface area contributed by atoms with Gasteiger partial charge in [-0.1, -0.05) is 90.4 Å². The molecule has 0 heterocycles. The topological polar surface area (TPSA) is 69.6 Å². The Labute approximate surface area is 292 Å². The Morgan fingerprint density at radius 1 is 0.875 bits per heavy atom. The second kappa shape index (κ2) is 11.7. The van der Waals surface area contributed by atoms with Crippen molar-refractivity contribution in [1.29, 1.82) is 0 Å². The van der Waals surface area contributed by atoms with E-state index in [4.69, 9.17) is 0 Å². The number of carbonyl (C=O) groups excluding carboxylic acids is 2. The molecule has 4 saturated carbocycles. The van der Waals surface area contributed by atoms with Gasteiger partial charge in [0.25, 0.3) is 0 Å². The number of allylic oxidation sites excluding steroid dienone is 2. The summed E-state index contributed by atoms with van der Waals surface area (Å²) in [6.45, 7) is 23.8. The predicted molar refractivity (Wildman–Crippen MR) is 195 cm³/mol. The molecule has 0 radical (unpaired) electrons. The van der Waals surface area contributed by atoms with Gasteiger partial charge in [0.05, 0.1) is 18.1 Å². The van der Waals surface area contributed by atoms with E-state index in [1.54, 1.807) is 5.57 Å². The smallest absolute Gasteiger partial charge is 0.240 e. The van der Waals surface area contributed by atoms with Gasteiger partial charge in [-0.25, -0.2) is 0 Å². The molecule has 2 amide bonds. The van der Waals surface area contributed by atoms with Crippen LogP contribution in [0, 0.1) is 50.2 Å². The number of hydrogen-bond acceptors (Lipinski definition) is 3. The maximum atomic E-state index is 15.3. The third-order valence-electron chi connectivity index (χ3n) is 15.4. The minimum Gasteiger partial charge on any atom is -0.393 e. The number of rotatable bonds is 5. The van der Waals surface area contributed by atoms with E-state index in [9.17, 15) is 9.90 Å². The molecule has 0 bridgehead atoms. The number of hydrogen-bond donors (Lipinski definition) is 2. The van der Waals surface area contributed by atoms with Crippen LogP contribution < -0.4 is 5.32 Å². The zero-order valence-electron chi connectivity index (χ0n) is 32.0. The zero-order valence-corrected chi connectivity index (χ0v) is 32.0. The molecule has 0 aliphatic heterocycles. The number of fused-ring (bicyclic) bond motifs is 7. The Morgan fingerprint density at radius 2 is 1.54 bits per heavy atom. The molecule has 0 spiro atoms. The summed E-state index contributed by atoms with van der Waals surface area (Å²) < 4.78 is 0. The van der Waals surface area contributed by atoms with Gasteiger partial charge in [-0.3, -0.25) is 9.59 Å². The van der Waals surface area contributed by atoms with Crippen molar-refractivity contribution < 1.29 is 14.7 Å². The molecule has 1 aromatic carbocycles. The third kappa shape index (κ3) is 5.61. The molecule has 8 atom stereocenters. The molecule has 5 aliphatic rings. The number of carbonyl (C=O) groups is 2. The Bertz CT molecular complexity index is 1440. The Kier molecular flexibility index (Phi) is 8.70. The molecule has 6 rings (SSSR count). The van der Waals surface area contributed by atoms with E-state index in [1.807, 2.05) is 43.9 Å². The molecule has 4 fully saturated rings. The Hall–Kier alpha value is -2.14. The standard InChI is InChI=1S/C43H66N2O3/c1-37(2,3)44-35(47)28-45(27-29-14-12-11-13-15-29)36(48)43-24-22-38(4,5)26-31(43)30-16-17-33-40(8)20-19-34(46)39(6,7)32(40)18-21-42(33,10)41(30,9)23-25-43/h11-16,31-34,46H,17-28H2,1-10H3,(H,44,47)/t31-,32-,33+,34-,40-,41+,42+,43-/m0/s1. The number of amides is 2. The molecule has 5 nitrogen and oxygen atoms in total. The fourth-order valence-corrected chi connectivity index (χ4v) is 12.6. The maximum Gasteiger partial charge on any atom is 0.240 e.